The van der Waals surface area contributed by atoms with Crippen molar-refractivity contribution >= 4 is 56.0 Å². The summed E-state index contributed by atoms with van der Waals surface area (Å²) in [5, 5.41) is 4.10. The molecule has 0 aliphatic rings. The Morgan fingerprint density at radius 2 is 2.00 bits per heavy atom. The number of benzene rings is 2. The second-order valence-electron chi connectivity index (χ2n) is 4.44. The van der Waals surface area contributed by atoms with E-state index in [1.807, 2.05) is 30.3 Å². The number of nitrogens with zero attached hydrogens (tertiary/aromatic N) is 2. The van der Waals surface area contributed by atoms with Crippen LogP contribution in [0.5, 0.6) is 0 Å². The van der Waals surface area contributed by atoms with E-state index in [9.17, 15) is 0 Å². The van der Waals surface area contributed by atoms with Crippen molar-refractivity contribution in [2.75, 3.05) is 5.32 Å². The van der Waals surface area contributed by atoms with Gasteiger partial charge in [0, 0.05) is 10.5 Å². The van der Waals surface area contributed by atoms with Crippen LogP contribution in [0.3, 0.4) is 0 Å². The first-order chi connectivity index (χ1) is 9.66. The summed E-state index contributed by atoms with van der Waals surface area (Å²) >= 11 is 11.1. The summed E-state index contributed by atoms with van der Waals surface area (Å²) in [6.07, 6.45) is 0. The summed E-state index contributed by atoms with van der Waals surface area (Å²) < 4.78 is 9.63. The number of aromatic nitrogens is 2. The van der Waals surface area contributed by atoms with Crippen molar-refractivity contribution in [2.45, 2.75) is 13.0 Å². The lowest BCUT2D eigenvalue weighted by atomic mass is 10.1. The topological polar surface area (TPSA) is 37.8 Å². The summed E-state index contributed by atoms with van der Waals surface area (Å²) in [6.45, 7) is 2.09. The van der Waals surface area contributed by atoms with Crippen molar-refractivity contribution in [3.05, 3.63) is 51.5 Å². The maximum atomic E-state index is 6.29. The van der Waals surface area contributed by atoms with E-state index in [-0.39, 0.29) is 6.04 Å². The number of hydrogen-bond donors (Lipinski definition) is 1. The van der Waals surface area contributed by atoms with E-state index in [1.54, 1.807) is 0 Å². The molecule has 0 radical (unpaired) electrons. The fraction of sp³-hybridized carbons (Fsp3) is 0.143. The Bertz CT molecular complexity index is 759. The molecule has 0 spiro atoms. The maximum Gasteiger partial charge on any atom is 0.129 e. The molecule has 3 nitrogen and oxygen atoms in total. The highest BCUT2D eigenvalue weighted by molar-refractivity contribution is 9.10. The summed E-state index contributed by atoms with van der Waals surface area (Å²) in [5.74, 6) is 0. The quantitative estimate of drug-likeness (QED) is 0.683. The van der Waals surface area contributed by atoms with Gasteiger partial charge in [0.05, 0.1) is 22.4 Å². The predicted octanol–water partition coefficient (Wildman–Crippen LogP) is 5.28. The van der Waals surface area contributed by atoms with Gasteiger partial charge in [-0.2, -0.15) is 8.75 Å². The Hall–Kier alpha value is -1.17. The third-order valence-corrected chi connectivity index (χ3v) is 4.69. The van der Waals surface area contributed by atoms with E-state index in [4.69, 9.17) is 11.6 Å². The lowest BCUT2D eigenvalue weighted by Gasteiger charge is -2.18. The Balaban J connectivity index is 1.99. The Kier molecular flexibility index (Phi) is 3.92. The molecule has 1 aromatic heterocycles. The van der Waals surface area contributed by atoms with Gasteiger partial charge in [-0.05, 0) is 30.7 Å². The summed E-state index contributed by atoms with van der Waals surface area (Å²) in [6, 6.07) is 12.0. The van der Waals surface area contributed by atoms with Gasteiger partial charge in [0.2, 0.25) is 0 Å². The minimum absolute atomic E-state index is 0.107. The van der Waals surface area contributed by atoms with Gasteiger partial charge in [-0.1, -0.05) is 45.7 Å². The Labute approximate surface area is 134 Å². The Morgan fingerprint density at radius 3 is 2.80 bits per heavy atom. The number of nitrogens with one attached hydrogen (secondary N) is 1. The van der Waals surface area contributed by atoms with Crippen molar-refractivity contribution in [1.82, 2.24) is 8.75 Å². The first-order valence-electron chi connectivity index (χ1n) is 6.08. The van der Waals surface area contributed by atoms with Crippen LogP contribution in [-0.4, -0.2) is 8.75 Å². The lowest BCUT2D eigenvalue weighted by Crippen LogP contribution is -2.08. The van der Waals surface area contributed by atoms with Gasteiger partial charge in [-0.15, -0.1) is 0 Å². The van der Waals surface area contributed by atoms with Crippen LogP contribution in [0.25, 0.3) is 11.0 Å². The van der Waals surface area contributed by atoms with Crippen LogP contribution >= 0.6 is 39.3 Å². The molecule has 0 bridgehead atoms. The summed E-state index contributed by atoms with van der Waals surface area (Å²) in [5.41, 5.74) is 3.69. The molecule has 1 atom stereocenters. The third-order valence-electron chi connectivity index (χ3n) is 3.11. The maximum absolute atomic E-state index is 6.29. The Morgan fingerprint density at radius 1 is 1.20 bits per heavy atom. The molecule has 1 unspecified atom stereocenters. The largest absolute Gasteiger partial charge is 0.375 e. The molecule has 6 heteroatoms. The van der Waals surface area contributed by atoms with E-state index in [2.05, 4.69) is 43.0 Å². The number of anilines is 1. The highest BCUT2D eigenvalue weighted by Gasteiger charge is 2.14. The van der Waals surface area contributed by atoms with E-state index in [0.717, 1.165) is 21.2 Å². The van der Waals surface area contributed by atoms with Crippen LogP contribution in [0.4, 0.5) is 5.69 Å². The highest BCUT2D eigenvalue weighted by Crippen LogP contribution is 2.34. The van der Waals surface area contributed by atoms with Crippen LogP contribution in [-0.2, 0) is 0 Å². The summed E-state index contributed by atoms with van der Waals surface area (Å²) in [4.78, 5) is 0. The molecule has 0 amide bonds. The summed E-state index contributed by atoms with van der Waals surface area (Å²) in [7, 11) is 0. The molecule has 0 saturated carbocycles. The molecule has 0 fully saturated rings. The third kappa shape index (κ3) is 2.53. The first-order valence-corrected chi connectivity index (χ1v) is 7.98. The molecule has 3 rings (SSSR count). The molecule has 1 N–H and O–H groups in total. The molecular weight excluding hydrogens is 358 g/mol. The molecule has 0 aliphatic heterocycles. The fourth-order valence-corrected chi connectivity index (χ4v) is 3.46. The lowest BCUT2D eigenvalue weighted by molar-refractivity contribution is 0.880. The normalized spacial score (nSPS) is 12.6. The zero-order chi connectivity index (χ0) is 14.1. The highest BCUT2D eigenvalue weighted by atomic mass is 79.9. The van der Waals surface area contributed by atoms with Crippen molar-refractivity contribution in [1.29, 1.82) is 0 Å². The zero-order valence-corrected chi connectivity index (χ0v) is 13.8. The molecule has 20 heavy (non-hydrogen) atoms. The second-order valence-corrected chi connectivity index (χ2v) is 6.23. The van der Waals surface area contributed by atoms with Crippen molar-refractivity contribution in [3.8, 4) is 0 Å². The molecule has 102 valence electrons. The SMILES string of the molecule is CC(Nc1c(Cl)ccc2nsnc12)c1ccccc1Br. The van der Waals surface area contributed by atoms with Gasteiger partial charge in [0.1, 0.15) is 11.0 Å². The van der Waals surface area contributed by atoms with Crippen molar-refractivity contribution in [2.24, 2.45) is 0 Å². The predicted molar refractivity (Wildman–Crippen MR) is 88.6 cm³/mol. The standard InChI is InChI=1S/C14H11BrClN3S/c1-8(9-4-2-3-5-10(9)15)17-13-11(16)6-7-12-14(13)19-20-18-12/h2-8,17H,1H3. The van der Waals surface area contributed by atoms with Gasteiger partial charge in [-0.3, -0.25) is 0 Å². The number of halogens is 2. The first kappa shape index (κ1) is 13.8. The molecule has 1 heterocycles. The molecule has 2 aromatic carbocycles. The molecule has 3 aromatic rings. The van der Waals surface area contributed by atoms with Gasteiger partial charge < -0.3 is 5.32 Å². The van der Waals surface area contributed by atoms with Gasteiger partial charge in [-0.25, -0.2) is 0 Å². The van der Waals surface area contributed by atoms with Crippen molar-refractivity contribution in [3.63, 3.8) is 0 Å². The van der Waals surface area contributed by atoms with Crippen LogP contribution in [0.1, 0.15) is 18.5 Å². The van der Waals surface area contributed by atoms with Gasteiger partial charge in [0.25, 0.3) is 0 Å². The van der Waals surface area contributed by atoms with E-state index in [0.29, 0.717) is 5.02 Å². The van der Waals surface area contributed by atoms with Crippen LogP contribution in [0, 0.1) is 0 Å². The van der Waals surface area contributed by atoms with Crippen LogP contribution in [0.2, 0.25) is 5.02 Å². The van der Waals surface area contributed by atoms with E-state index < -0.39 is 0 Å². The minimum atomic E-state index is 0.107. The number of hydrogen-bond acceptors (Lipinski definition) is 4. The van der Waals surface area contributed by atoms with Crippen molar-refractivity contribution < 1.29 is 0 Å². The van der Waals surface area contributed by atoms with Gasteiger partial charge >= 0.3 is 0 Å². The fourth-order valence-electron chi connectivity index (χ4n) is 2.08. The molecule has 0 saturated heterocycles. The van der Waals surface area contributed by atoms with Crippen LogP contribution in [0.15, 0.2) is 40.9 Å². The average molecular weight is 369 g/mol. The molecular formula is C14H11BrClN3S. The molecule has 0 aliphatic carbocycles. The zero-order valence-electron chi connectivity index (χ0n) is 10.6. The smallest absolute Gasteiger partial charge is 0.129 e. The van der Waals surface area contributed by atoms with Gasteiger partial charge in [0.15, 0.2) is 0 Å². The number of rotatable bonds is 3. The number of fused-ring (bicyclic) bond motifs is 1. The average Bonchev–Trinajstić information content (AvgIpc) is 2.91. The second kappa shape index (κ2) is 5.68. The minimum Gasteiger partial charge on any atom is -0.375 e. The van der Waals surface area contributed by atoms with Crippen LogP contribution < -0.4 is 5.32 Å². The van der Waals surface area contributed by atoms with E-state index >= 15 is 0 Å². The monoisotopic (exact) mass is 367 g/mol. The van der Waals surface area contributed by atoms with E-state index in [1.165, 1.54) is 17.3 Å².